The molecule has 1 N–H and O–H groups in total. The number of amides is 2. The number of aromatic nitrogens is 1. The van der Waals surface area contributed by atoms with E-state index in [2.05, 4.69) is 16.4 Å². The molecular weight excluding hydrogens is 470 g/mol. The lowest BCUT2D eigenvalue weighted by molar-refractivity contribution is -0.116. The second kappa shape index (κ2) is 9.82. The fourth-order valence-corrected chi connectivity index (χ4v) is 5.37. The van der Waals surface area contributed by atoms with E-state index in [0.29, 0.717) is 28.5 Å². The molecule has 7 nitrogen and oxygen atoms in total. The SMILES string of the molecule is O=C(CSCC(=O)N1CCCc2ccccc21)Nc1nc(-c2cc3ccccc3oc2=O)cs1. The normalized spacial score (nSPS) is 13.0. The minimum absolute atomic E-state index is 0.00418. The van der Waals surface area contributed by atoms with Crippen LogP contribution in [0, 0.1) is 0 Å². The Balaban J connectivity index is 1.17. The van der Waals surface area contributed by atoms with Crippen LogP contribution in [-0.4, -0.2) is 34.8 Å². The van der Waals surface area contributed by atoms with E-state index in [1.54, 1.807) is 23.6 Å². The summed E-state index contributed by atoms with van der Waals surface area (Å²) in [4.78, 5) is 43.6. The summed E-state index contributed by atoms with van der Waals surface area (Å²) in [7, 11) is 0. The molecule has 0 atom stereocenters. The Labute approximate surface area is 203 Å². The van der Waals surface area contributed by atoms with Crippen LogP contribution < -0.4 is 15.8 Å². The van der Waals surface area contributed by atoms with E-state index in [9.17, 15) is 14.4 Å². The van der Waals surface area contributed by atoms with Crippen LogP contribution in [0.4, 0.5) is 10.8 Å². The third kappa shape index (κ3) is 4.76. The van der Waals surface area contributed by atoms with Crippen molar-refractivity contribution in [2.75, 3.05) is 28.3 Å². The first kappa shape index (κ1) is 22.4. The minimum atomic E-state index is -0.477. The van der Waals surface area contributed by atoms with Crippen LogP contribution in [0.15, 0.2) is 69.2 Å². The Morgan fingerprint density at radius 3 is 2.85 bits per heavy atom. The second-order valence-corrected chi connectivity index (χ2v) is 9.69. The molecule has 2 amide bonds. The van der Waals surface area contributed by atoms with Gasteiger partial charge < -0.3 is 14.6 Å². The predicted octanol–water partition coefficient (Wildman–Crippen LogP) is 4.57. The van der Waals surface area contributed by atoms with Crippen molar-refractivity contribution in [3.63, 3.8) is 0 Å². The van der Waals surface area contributed by atoms with Gasteiger partial charge in [-0.3, -0.25) is 9.59 Å². The van der Waals surface area contributed by atoms with Gasteiger partial charge >= 0.3 is 5.63 Å². The smallest absolute Gasteiger partial charge is 0.345 e. The Bertz CT molecular complexity index is 1430. The van der Waals surface area contributed by atoms with Gasteiger partial charge in [-0.25, -0.2) is 9.78 Å². The Hall–Kier alpha value is -3.43. The van der Waals surface area contributed by atoms with Gasteiger partial charge in [0.25, 0.3) is 0 Å². The lowest BCUT2D eigenvalue weighted by atomic mass is 10.0. The van der Waals surface area contributed by atoms with Crippen molar-refractivity contribution in [3.8, 4) is 11.3 Å². The van der Waals surface area contributed by atoms with E-state index in [-0.39, 0.29) is 23.3 Å². The number of fused-ring (bicyclic) bond motifs is 2. The van der Waals surface area contributed by atoms with Crippen LogP contribution in [0.1, 0.15) is 12.0 Å². The molecule has 0 fully saturated rings. The third-order valence-electron chi connectivity index (χ3n) is 5.54. The first-order valence-electron chi connectivity index (χ1n) is 10.8. The molecule has 0 aliphatic carbocycles. The quantitative estimate of drug-likeness (QED) is 0.397. The summed E-state index contributed by atoms with van der Waals surface area (Å²) in [5.74, 6) is 0.116. The zero-order valence-corrected chi connectivity index (χ0v) is 19.8. The van der Waals surface area contributed by atoms with Crippen molar-refractivity contribution >= 4 is 56.7 Å². The molecular formula is C25H21N3O4S2. The molecule has 0 saturated heterocycles. The molecule has 0 radical (unpaired) electrons. The summed E-state index contributed by atoms with van der Waals surface area (Å²) in [6.45, 7) is 0.702. The Morgan fingerprint density at radius 2 is 1.94 bits per heavy atom. The highest BCUT2D eigenvalue weighted by Gasteiger charge is 2.22. The summed E-state index contributed by atoms with van der Waals surface area (Å²) >= 11 is 2.51. The van der Waals surface area contributed by atoms with Gasteiger partial charge in [-0.05, 0) is 36.6 Å². The molecule has 172 valence electrons. The number of carbonyl (C=O) groups is 2. The molecule has 0 unspecified atom stereocenters. The number of rotatable bonds is 6. The summed E-state index contributed by atoms with van der Waals surface area (Å²) in [6, 6.07) is 17.0. The van der Waals surface area contributed by atoms with Gasteiger partial charge in [-0.15, -0.1) is 23.1 Å². The average Bonchev–Trinajstić information content (AvgIpc) is 3.31. The van der Waals surface area contributed by atoms with E-state index < -0.39 is 5.63 Å². The van der Waals surface area contributed by atoms with Crippen LogP contribution in [0.25, 0.3) is 22.2 Å². The number of hydrogen-bond donors (Lipinski definition) is 1. The third-order valence-corrected chi connectivity index (χ3v) is 7.21. The zero-order valence-electron chi connectivity index (χ0n) is 18.2. The molecule has 1 aliphatic heterocycles. The number of benzene rings is 2. The number of carbonyl (C=O) groups excluding carboxylic acids is 2. The second-order valence-electron chi connectivity index (χ2n) is 7.84. The number of nitrogens with zero attached hydrogens (tertiary/aromatic N) is 2. The fourth-order valence-electron chi connectivity index (χ4n) is 3.95. The van der Waals surface area contributed by atoms with Crippen LogP contribution in [0.2, 0.25) is 0 Å². The molecule has 0 bridgehead atoms. The maximum atomic E-state index is 12.7. The number of para-hydroxylation sites is 2. The number of thiazole rings is 1. The lowest BCUT2D eigenvalue weighted by Gasteiger charge is -2.29. The standard InChI is InChI=1S/C25H21N3O4S2/c29-22(14-33-15-23(30)28-11-5-8-16-6-1-3-9-20(16)28)27-25-26-19(13-34-25)18-12-17-7-2-4-10-21(17)32-24(18)31/h1-4,6-7,9-10,12-13H,5,8,11,14-15H2,(H,26,27,29). The molecule has 3 heterocycles. The molecule has 2 aromatic heterocycles. The lowest BCUT2D eigenvalue weighted by Crippen LogP contribution is -2.36. The van der Waals surface area contributed by atoms with Crippen molar-refractivity contribution in [1.82, 2.24) is 4.98 Å². The Morgan fingerprint density at radius 1 is 1.12 bits per heavy atom. The molecule has 0 spiro atoms. The van der Waals surface area contributed by atoms with Crippen molar-refractivity contribution in [3.05, 3.63) is 76.0 Å². The van der Waals surface area contributed by atoms with Crippen molar-refractivity contribution in [2.45, 2.75) is 12.8 Å². The molecule has 2 aromatic carbocycles. The predicted molar refractivity (Wildman–Crippen MR) is 137 cm³/mol. The Kier molecular flexibility index (Phi) is 6.46. The van der Waals surface area contributed by atoms with Crippen molar-refractivity contribution in [1.29, 1.82) is 0 Å². The average molecular weight is 492 g/mol. The van der Waals surface area contributed by atoms with E-state index in [1.165, 1.54) is 28.7 Å². The van der Waals surface area contributed by atoms with E-state index in [0.717, 1.165) is 23.9 Å². The monoisotopic (exact) mass is 491 g/mol. The summed E-state index contributed by atoms with van der Waals surface area (Å²) in [5.41, 5.74) is 2.99. The molecule has 0 saturated carbocycles. The van der Waals surface area contributed by atoms with Crippen LogP contribution >= 0.6 is 23.1 Å². The van der Waals surface area contributed by atoms with E-state index >= 15 is 0 Å². The molecule has 1 aliphatic rings. The van der Waals surface area contributed by atoms with Gasteiger partial charge in [-0.2, -0.15) is 0 Å². The van der Waals surface area contributed by atoms with Crippen LogP contribution in [0.5, 0.6) is 0 Å². The van der Waals surface area contributed by atoms with Gasteiger partial charge in [0.05, 0.1) is 22.8 Å². The highest BCUT2D eigenvalue weighted by Crippen LogP contribution is 2.28. The van der Waals surface area contributed by atoms with Gasteiger partial charge in [0.1, 0.15) is 5.58 Å². The maximum Gasteiger partial charge on any atom is 0.345 e. The van der Waals surface area contributed by atoms with Crippen molar-refractivity contribution < 1.29 is 14.0 Å². The number of nitrogens with one attached hydrogen (secondary N) is 1. The number of aryl methyl sites for hydroxylation is 1. The largest absolute Gasteiger partial charge is 0.422 e. The van der Waals surface area contributed by atoms with Crippen LogP contribution in [-0.2, 0) is 16.0 Å². The molecule has 5 rings (SSSR count). The summed E-state index contributed by atoms with van der Waals surface area (Å²) in [6.07, 6.45) is 1.92. The van der Waals surface area contributed by atoms with Gasteiger partial charge in [-0.1, -0.05) is 36.4 Å². The summed E-state index contributed by atoms with van der Waals surface area (Å²) < 4.78 is 5.37. The first-order chi connectivity index (χ1) is 16.6. The van der Waals surface area contributed by atoms with Crippen LogP contribution in [0.3, 0.4) is 0 Å². The molecule has 34 heavy (non-hydrogen) atoms. The highest BCUT2D eigenvalue weighted by molar-refractivity contribution is 8.00. The topological polar surface area (TPSA) is 92.5 Å². The van der Waals surface area contributed by atoms with E-state index in [1.807, 2.05) is 35.2 Å². The van der Waals surface area contributed by atoms with E-state index in [4.69, 9.17) is 4.42 Å². The number of hydrogen-bond acceptors (Lipinski definition) is 7. The molecule has 4 aromatic rings. The molecule has 9 heteroatoms. The first-order valence-corrected chi connectivity index (χ1v) is 12.9. The minimum Gasteiger partial charge on any atom is -0.422 e. The number of thioether (sulfide) groups is 1. The van der Waals surface area contributed by atoms with Gasteiger partial charge in [0.2, 0.25) is 11.8 Å². The fraction of sp³-hybridized carbons (Fsp3) is 0.200. The maximum absolute atomic E-state index is 12.7. The van der Waals surface area contributed by atoms with Gasteiger partial charge in [0, 0.05) is 23.0 Å². The van der Waals surface area contributed by atoms with Crippen molar-refractivity contribution in [2.24, 2.45) is 0 Å². The highest BCUT2D eigenvalue weighted by atomic mass is 32.2. The zero-order chi connectivity index (χ0) is 23.5. The number of anilines is 2. The summed E-state index contributed by atoms with van der Waals surface area (Å²) in [5, 5.41) is 5.65. The van der Waals surface area contributed by atoms with Gasteiger partial charge in [0.15, 0.2) is 5.13 Å².